The number of aryl methyl sites for hydroxylation is 1. The number of nitrogens with one attached hydrogen (secondary N) is 1. The van der Waals surface area contributed by atoms with E-state index in [0.717, 1.165) is 29.9 Å². The number of urea groups is 1. The molecule has 1 fully saturated rings. The standard InChI is InChI=1S/C24H29N7O2/c1-15(2)28-23(32)30-13-24(14-30)7-9-31-21(24)11-19(29-31)17-10-20(22(25)27-12-17)33-16(3)18-6-4-5-8-26-18/h4-6,8,10-12,15-16H,7,9,13-14H2,1-3H3,(H2,25,27)(H,28,32)/t16-/m0/s1. The molecule has 0 bridgehead atoms. The molecule has 0 saturated carbocycles. The lowest BCUT2D eigenvalue weighted by molar-refractivity contribution is 0.0909. The third kappa shape index (κ3) is 3.88. The summed E-state index contributed by atoms with van der Waals surface area (Å²) in [6.07, 6.45) is 4.20. The minimum absolute atomic E-state index is 0.000338. The lowest BCUT2D eigenvalue weighted by atomic mass is 9.76. The molecule has 3 aromatic heterocycles. The van der Waals surface area contributed by atoms with E-state index in [-0.39, 0.29) is 23.6 Å². The average molecular weight is 448 g/mol. The Balaban J connectivity index is 1.34. The van der Waals surface area contributed by atoms with E-state index in [4.69, 9.17) is 15.6 Å². The van der Waals surface area contributed by atoms with Gasteiger partial charge >= 0.3 is 6.03 Å². The van der Waals surface area contributed by atoms with Gasteiger partial charge in [-0.25, -0.2) is 9.78 Å². The number of likely N-dealkylation sites (tertiary alicyclic amines) is 1. The van der Waals surface area contributed by atoms with Crippen LogP contribution in [0.5, 0.6) is 5.75 Å². The summed E-state index contributed by atoms with van der Waals surface area (Å²) in [7, 11) is 0. The van der Waals surface area contributed by atoms with Crippen molar-refractivity contribution in [3.8, 4) is 17.0 Å². The first-order valence-corrected chi connectivity index (χ1v) is 11.3. The first kappa shape index (κ1) is 21.2. The van der Waals surface area contributed by atoms with Gasteiger partial charge in [-0.1, -0.05) is 6.07 Å². The van der Waals surface area contributed by atoms with Crippen LogP contribution in [-0.4, -0.2) is 49.8 Å². The van der Waals surface area contributed by atoms with Crippen LogP contribution in [0.1, 0.15) is 44.7 Å². The van der Waals surface area contributed by atoms with Crippen LogP contribution < -0.4 is 15.8 Å². The van der Waals surface area contributed by atoms with Crippen LogP contribution in [0.2, 0.25) is 0 Å². The number of fused-ring (bicyclic) bond motifs is 2. The monoisotopic (exact) mass is 447 g/mol. The maximum Gasteiger partial charge on any atom is 0.317 e. The summed E-state index contributed by atoms with van der Waals surface area (Å²) in [5, 5.41) is 7.78. The zero-order valence-corrected chi connectivity index (χ0v) is 19.2. The molecule has 1 saturated heterocycles. The molecule has 0 aliphatic carbocycles. The number of rotatable bonds is 5. The fraction of sp³-hybridized carbons (Fsp3) is 0.417. The number of nitrogens with zero attached hydrogens (tertiary/aromatic N) is 5. The van der Waals surface area contributed by atoms with Gasteiger partial charge in [-0.2, -0.15) is 5.10 Å². The van der Waals surface area contributed by atoms with Crippen molar-refractivity contribution >= 4 is 11.8 Å². The van der Waals surface area contributed by atoms with Crippen LogP contribution in [0.3, 0.4) is 0 Å². The van der Waals surface area contributed by atoms with Crippen LogP contribution >= 0.6 is 0 Å². The Hall–Kier alpha value is -3.62. The van der Waals surface area contributed by atoms with Crippen molar-refractivity contribution in [3.63, 3.8) is 0 Å². The van der Waals surface area contributed by atoms with Gasteiger partial charge in [0.2, 0.25) is 0 Å². The summed E-state index contributed by atoms with van der Waals surface area (Å²) in [5.41, 5.74) is 9.74. The normalized spacial score (nSPS) is 17.0. The largest absolute Gasteiger partial charge is 0.481 e. The van der Waals surface area contributed by atoms with Gasteiger partial charge in [-0.05, 0) is 51.5 Å². The molecule has 5 heterocycles. The summed E-state index contributed by atoms with van der Waals surface area (Å²) in [5.74, 6) is 0.837. The first-order valence-electron chi connectivity index (χ1n) is 11.3. The molecule has 1 spiro atoms. The van der Waals surface area contributed by atoms with Gasteiger partial charge in [0, 0.05) is 54.7 Å². The van der Waals surface area contributed by atoms with E-state index in [2.05, 4.69) is 26.0 Å². The second-order valence-electron chi connectivity index (χ2n) is 9.25. The van der Waals surface area contributed by atoms with Crippen LogP contribution in [0.15, 0.2) is 42.7 Å². The highest BCUT2D eigenvalue weighted by molar-refractivity contribution is 5.76. The third-order valence-electron chi connectivity index (χ3n) is 6.40. The van der Waals surface area contributed by atoms with Crippen molar-refractivity contribution in [1.29, 1.82) is 0 Å². The van der Waals surface area contributed by atoms with Gasteiger partial charge in [0.15, 0.2) is 11.6 Å². The van der Waals surface area contributed by atoms with E-state index in [9.17, 15) is 4.79 Å². The molecule has 0 radical (unpaired) electrons. The number of hydrogen-bond acceptors (Lipinski definition) is 6. The maximum absolute atomic E-state index is 12.3. The number of amides is 2. The second-order valence-corrected chi connectivity index (χ2v) is 9.25. The van der Waals surface area contributed by atoms with Gasteiger partial charge in [0.25, 0.3) is 0 Å². The van der Waals surface area contributed by atoms with E-state index in [1.165, 1.54) is 5.69 Å². The fourth-order valence-electron chi connectivity index (χ4n) is 4.65. The number of nitrogens with two attached hydrogens (primary N) is 1. The maximum atomic E-state index is 12.3. The number of ether oxygens (including phenoxy) is 1. The molecular weight excluding hydrogens is 418 g/mol. The van der Waals surface area contributed by atoms with E-state index in [0.29, 0.717) is 24.7 Å². The molecule has 0 unspecified atom stereocenters. The zero-order chi connectivity index (χ0) is 23.2. The third-order valence-corrected chi connectivity index (χ3v) is 6.40. The highest BCUT2D eigenvalue weighted by Crippen LogP contribution is 2.44. The van der Waals surface area contributed by atoms with Gasteiger partial charge in [0.1, 0.15) is 6.10 Å². The number of pyridine rings is 2. The van der Waals surface area contributed by atoms with Gasteiger partial charge < -0.3 is 20.7 Å². The van der Waals surface area contributed by atoms with Gasteiger partial charge in [-0.15, -0.1) is 0 Å². The lowest BCUT2D eigenvalue weighted by Gasteiger charge is -2.47. The Bertz CT molecular complexity index is 1170. The van der Waals surface area contributed by atoms with E-state index in [1.54, 1.807) is 12.4 Å². The number of anilines is 1. The Labute approximate surface area is 193 Å². The van der Waals surface area contributed by atoms with Crippen molar-refractivity contribution in [2.75, 3.05) is 18.8 Å². The lowest BCUT2D eigenvalue weighted by Crippen LogP contribution is -2.63. The van der Waals surface area contributed by atoms with E-state index in [1.807, 2.05) is 49.9 Å². The summed E-state index contributed by atoms with van der Waals surface area (Å²) in [6, 6.07) is 9.84. The Morgan fingerprint density at radius 3 is 2.76 bits per heavy atom. The number of nitrogen functional groups attached to an aromatic ring is 1. The highest BCUT2D eigenvalue weighted by Gasteiger charge is 2.51. The average Bonchev–Trinajstić information content (AvgIpc) is 3.33. The Morgan fingerprint density at radius 2 is 2.03 bits per heavy atom. The summed E-state index contributed by atoms with van der Waals surface area (Å²) < 4.78 is 8.14. The van der Waals surface area contributed by atoms with E-state index >= 15 is 0 Å². The van der Waals surface area contributed by atoms with Crippen molar-refractivity contribution < 1.29 is 9.53 Å². The SMILES string of the molecule is CC(C)NC(=O)N1CC2(CCn3nc(-c4cnc(N)c(O[C@@H](C)c5ccccn5)c4)cc32)C1. The molecule has 1 atom stereocenters. The predicted molar refractivity (Wildman–Crippen MR) is 125 cm³/mol. The minimum Gasteiger partial charge on any atom is -0.481 e. The minimum atomic E-state index is -0.265. The number of carbonyl (C=O) groups is 1. The quantitative estimate of drug-likeness (QED) is 0.622. The Kier molecular flexibility index (Phi) is 5.19. The highest BCUT2D eigenvalue weighted by atomic mass is 16.5. The van der Waals surface area contributed by atoms with E-state index < -0.39 is 0 Å². The van der Waals surface area contributed by atoms with Crippen molar-refractivity contribution in [3.05, 3.63) is 54.1 Å². The zero-order valence-electron chi connectivity index (χ0n) is 19.2. The van der Waals surface area contributed by atoms with Crippen molar-refractivity contribution in [2.24, 2.45) is 0 Å². The smallest absolute Gasteiger partial charge is 0.317 e. The molecule has 3 N–H and O–H groups in total. The Morgan fingerprint density at radius 1 is 1.21 bits per heavy atom. The van der Waals surface area contributed by atoms with Gasteiger partial charge in [0.05, 0.1) is 11.4 Å². The topological polar surface area (TPSA) is 111 Å². The molecule has 9 nitrogen and oxygen atoms in total. The molecule has 5 rings (SSSR count). The van der Waals surface area contributed by atoms with Crippen molar-refractivity contribution in [1.82, 2.24) is 30.0 Å². The van der Waals surface area contributed by atoms with Crippen LogP contribution in [0.4, 0.5) is 10.6 Å². The number of aromatic nitrogens is 4. The first-order chi connectivity index (χ1) is 15.8. The summed E-state index contributed by atoms with van der Waals surface area (Å²) >= 11 is 0. The second kappa shape index (κ2) is 8.06. The summed E-state index contributed by atoms with van der Waals surface area (Å²) in [4.78, 5) is 22.9. The fourth-order valence-corrected chi connectivity index (χ4v) is 4.65. The van der Waals surface area contributed by atoms with Crippen LogP contribution in [-0.2, 0) is 12.0 Å². The number of hydrogen-bond donors (Lipinski definition) is 2. The molecule has 3 aromatic rings. The molecule has 2 aliphatic heterocycles. The predicted octanol–water partition coefficient (Wildman–Crippen LogP) is 3.14. The molecule has 9 heteroatoms. The molecule has 33 heavy (non-hydrogen) atoms. The van der Waals surface area contributed by atoms with Crippen LogP contribution in [0, 0.1) is 0 Å². The van der Waals surface area contributed by atoms with Crippen molar-refractivity contribution in [2.45, 2.75) is 51.3 Å². The molecule has 2 aliphatic rings. The van der Waals surface area contributed by atoms with Crippen LogP contribution in [0.25, 0.3) is 11.3 Å². The molecule has 172 valence electrons. The van der Waals surface area contributed by atoms with Gasteiger partial charge in [-0.3, -0.25) is 9.67 Å². The summed E-state index contributed by atoms with van der Waals surface area (Å²) in [6.45, 7) is 8.15. The number of carbonyl (C=O) groups excluding carboxylic acids is 1. The molecule has 2 amide bonds. The molecular formula is C24H29N7O2. The molecule has 0 aromatic carbocycles.